The molecule has 37 heavy (non-hydrogen) atoms. The number of aromatic nitrogens is 2. The summed E-state index contributed by atoms with van der Waals surface area (Å²) in [5.74, 6) is 0.711. The van der Waals surface area contributed by atoms with Crippen molar-refractivity contribution in [1.82, 2.24) is 9.55 Å². The summed E-state index contributed by atoms with van der Waals surface area (Å²) >= 11 is 1.34. The molecule has 2 aliphatic carbocycles. The second-order valence-corrected chi connectivity index (χ2v) is 11.1. The van der Waals surface area contributed by atoms with Gasteiger partial charge in [0, 0.05) is 29.3 Å². The van der Waals surface area contributed by atoms with E-state index in [4.69, 9.17) is 9.72 Å². The van der Waals surface area contributed by atoms with Crippen LogP contribution in [0.2, 0.25) is 0 Å². The van der Waals surface area contributed by atoms with E-state index < -0.39 is 0 Å². The first-order valence-corrected chi connectivity index (χ1v) is 14.3. The standard InChI is InChI=1S/C30H35N3O3S/c1-3-4-17-33-28(35)26-27(24-14-7-6-11-21(24)19-30(26)15-8-5-9-16-30)32-29(33)37-20-25(34)31-22-12-10-13-23(18-22)36-2/h6-7,10-14,18H,3-5,8-9,15-17,19-20H2,1-2H3,(H,31,34). The number of anilines is 1. The fourth-order valence-electron chi connectivity index (χ4n) is 5.87. The minimum absolute atomic E-state index is 0.0885. The summed E-state index contributed by atoms with van der Waals surface area (Å²) in [4.78, 5) is 32.2. The Morgan fingerprint density at radius 2 is 1.95 bits per heavy atom. The molecule has 1 aromatic heterocycles. The number of methoxy groups -OCH3 is 1. The van der Waals surface area contributed by atoms with Crippen LogP contribution in [0, 0.1) is 0 Å². The van der Waals surface area contributed by atoms with Gasteiger partial charge in [0.05, 0.1) is 24.1 Å². The highest BCUT2D eigenvalue weighted by Crippen LogP contribution is 2.48. The van der Waals surface area contributed by atoms with E-state index in [1.165, 1.54) is 23.7 Å². The molecule has 194 valence electrons. The second-order valence-electron chi connectivity index (χ2n) is 10.2. The van der Waals surface area contributed by atoms with Gasteiger partial charge in [0.1, 0.15) is 5.75 Å². The van der Waals surface area contributed by atoms with E-state index in [0.717, 1.165) is 61.8 Å². The normalized spacial score (nSPS) is 15.6. The first-order chi connectivity index (χ1) is 18.0. The number of carbonyl (C=O) groups is 1. The number of hydrogen-bond donors (Lipinski definition) is 1. The number of nitrogens with zero attached hydrogens (tertiary/aromatic N) is 2. The van der Waals surface area contributed by atoms with Crippen LogP contribution in [0.1, 0.15) is 63.0 Å². The lowest BCUT2D eigenvalue weighted by molar-refractivity contribution is -0.113. The van der Waals surface area contributed by atoms with E-state index >= 15 is 0 Å². The largest absolute Gasteiger partial charge is 0.497 e. The lowest BCUT2D eigenvalue weighted by Crippen LogP contribution is -2.43. The van der Waals surface area contributed by atoms with Crippen LogP contribution in [0.25, 0.3) is 11.3 Å². The van der Waals surface area contributed by atoms with Gasteiger partial charge in [-0.15, -0.1) is 0 Å². The molecule has 1 amide bonds. The molecule has 6 nitrogen and oxygen atoms in total. The van der Waals surface area contributed by atoms with Crippen LogP contribution in [0.3, 0.4) is 0 Å². The Bertz CT molecular complexity index is 1340. The Labute approximate surface area is 222 Å². The molecule has 1 heterocycles. The molecule has 0 saturated heterocycles. The molecule has 1 fully saturated rings. The zero-order chi connectivity index (χ0) is 25.8. The molecule has 2 aliphatic rings. The maximum absolute atomic E-state index is 14.2. The van der Waals surface area contributed by atoms with Gasteiger partial charge in [0.25, 0.3) is 5.56 Å². The van der Waals surface area contributed by atoms with Gasteiger partial charge in [-0.2, -0.15) is 0 Å². The van der Waals surface area contributed by atoms with Crippen LogP contribution in [-0.2, 0) is 23.2 Å². The summed E-state index contributed by atoms with van der Waals surface area (Å²) in [7, 11) is 1.60. The van der Waals surface area contributed by atoms with Crippen LogP contribution in [0.4, 0.5) is 5.69 Å². The summed E-state index contributed by atoms with van der Waals surface area (Å²) in [5.41, 5.74) is 4.72. The molecular weight excluding hydrogens is 482 g/mol. The molecule has 0 aliphatic heterocycles. The van der Waals surface area contributed by atoms with Gasteiger partial charge in [-0.1, -0.05) is 74.7 Å². The molecular formula is C30H35N3O3S. The first-order valence-electron chi connectivity index (χ1n) is 13.3. The number of rotatable bonds is 8. The summed E-state index contributed by atoms with van der Waals surface area (Å²) < 4.78 is 7.10. The SMILES string of the molecule is CCCCn1c(SCC(=O)Nc2cccc(OC)c2)nc2c(c1=O)C1(CCCCC1)Cc1ccccc1-2. The van der Waals surface area contributed by atoms with Crippen LogP contribution < -0.4 is 15.6 Å². The summed E-state index contributed by atoms with van der Waals surface area (Å²) in [5, 5.41) is 3.56. The van der Waals surface area contributed by atoms with E-state index in [0.29, 0.717) is 23.1 Å². The predicted molar refractivity (Wildman–Crippen MR) is 150 cm³/mol. The molecule has 1 spiro atoms. The van der Waals surface area contributed by atoms with Crippen molar-refractivity contribution in [1.29, 1.82) is 0 Å². The van der Waals surface area contributed by atoms with Crippen LogP contribution >= 0.6 is 11.8 Å². The third kappa shape index (κ3) is 5.19. The van der Waals surface area contributed by atoms with E-state index in [2.05, 4.69) is 30.4 Å². The Hall–Kier alpha value is -3.06. The van der Waals surface area contributed by atoms with Gasteiger partial charge in [0.2, 0.25) is 5.91 Å². The van der Waals surface area contributed by atoms with Gasteiger partial charge < -0.3 is 10.1 Å². The van der Waals surface area contributed by atoms with E-state index in [1.54, 1.807) is 13.2 Å². The molecule has 5 rings (SSSR count). The second kappa shape index (κ2) is 11.1. The van der Waals surface area contributed by atoms with Crippen LogP contribution in [0.15, 0.2) is 58.5 Å². The predicted octanol–water partition coefficient (Wildman–Crippen LogP) is 6.21. The number of nitrogens with one attached hydrogen (secondary N) is 1. The minimum Gasteiger partial charge on any atom is -0.497 e. The summed E-state index contributed by atoms with van der Waals surface area (Å²) in [6.45, 7) is 2.75. The zero-order valence-corrected chi connectivity index (χ0v) is 22.5. The average Bonchev–Trinajstić information content (AvgIpc) is 2.92. The molecule has 3 aromatic rings. The maximum Gasteiger partial charge on any atom is 0.258 e. The number of carbonyl (C=O) groups excluding carboxylic acids is 1. The van der Waals surface area contributed by atoms with Gasteiger partial charge in [-0.25, -0.2) is 4.98 Å². The van der Waals surface area contributed by atoms with Crippen molar-refractivity contribution < 1.29 is 9.53 Å². The molecule has 0 atom stereocenters. The summed E-state index contributed by atoms with van der Waals surface area (Å²) in [6, 6.07) is 15.7. The molecule has 1 saturated carbocycles. The van der Waals surface area contributed by atoms with Crippen molar-refractivity contribution in [3.05, 3.63) is 70.0 Å². The highest BCUT2D eigenvalue weighted by Gasteiger charge is 2.43. The lowest BCUT2D eigenvalue weighted by Gasteiger charge is -2.42. The minimum atomic E-state index is -0.142. The van der Waals surface area contributed by atoms with Crippen molar-refractivity contribution in [2.24, 2.45) is 0 Å². The number of hydrogen-bond acceptors (Lipinski definition) is 5. The van der Waals surface area contributed by atoms with Crippen molar-refractivity contribution in [2.45, 2.75) is 75.4 Å². The number of thioether (sulfide) groups is 1. The van der Waals surface area contributed by atoms with Gasteiger partial charge in [-0.3, -0.25) is 14.2 Å². The third-order valence-corrected chi connectivity index (χ3v) is 8.67. The van der Waals surface area contributed by atoms with Crippen molar-refractivity contribution in [3.63, 3.8) is 0 Å². The van der Waals surface area contributed by atoms with Crippen molar-refractivity contribution >= 4 is 23.4 Å². The molecule has 2 aromatic carbocycles. The van der Waals surface area contributed by atoms with Crippen LogP contribution in [0.5, 0.6) is 5.75 Å². The summed E-state index contributed by atoms with van der Waals surface area (Å²) in [6.07, 6.45) is 8.39. The van der Waals surface area contributed by atoms with Crippen molar-refractivity contribution in [2.75, 3.05) is 18.2 Å². The van der Waals surface area contributed by atoms with Gasteiger partial charge in [-0.05, 0) is 43.4 Å². The highest BCUT2D eigenvalue weighted by atomic mass is 32.2. The molecule has 7 heteroatoms. The quantitative estimate of drug-likeness (QED) is 0.284. The van der Waals surface area contributed by atoms with E-state index in [-0.39, 0.29) is 22.6 Å². The number of ether oxygens (including phenoxy) is 1. The Balaban J connectivity index is 1.51. The van der Waals surface area contributed by atoms with Gasteiger partial charge >= 0.3 is 0 Å². The molecule has 0 unspecified atom stereocenters. The van der Waals surface area contributed by atoms with E-state index in [9.17, 15) is 9.59 Å². The topological polar surface area (TPSA) is 73.2 Å². The number of amides is 1. The average molecular weight is 518 g/mol. The monoisotopic (exact) mass is 517 g/mol. The molecule has 0 bridgehead atoms. The Morgan fingerprint density at radius 1 is 1.14 bits per heavy atom. The molecule has 1 N–H and O–H groups in total. The number of benzene rings is 2. The zero-order valence-electron chi connectivity index (χ0n) is 21.7. The number of fused-ring (bicyclic) bond motifs is 4. The van der Waals surface area contributed by atoms with Crippen LogP contribution in [-0.4, -0.2) is 28.3 Å². The highest BCUT2D eigenvalue weighted by molar-refractivity contribution is 7.99. The molecule has 0 radical (unpaired) electrons. The van der Waals surface area contributed by atoms with Crippen molar-refractivity contribution in [3.8, 4) is 17.0 Å². The Morgan fingerprint density at radius 3 is 2.73 bits per heavy atom. The van der Waals surface area contributed by atoms with Gasteiger partial charge in [0.15, 0.2) is 5.16 Å². The lowest BCUT2D eigenvalue weighted by atomic mass is 9.62. The fraction of sp³-hybridized carbons (Fsp3) is 0.433. The maximum atomic E-state index is 14.2. The van der Waals surface area contributed by atoms with E-state index in [1.807, 2.05) is 28.8 Å². The smallest absolute Gasteiger partial charge is 0.258 e. The number of unbranched alkanes of at least 4 members (excludes halogenated alkanes) is 1. The fourth-order valence-corrected chi connectivity index (χ4v) is 6.69. The first kappa shape index (κ1) is 25.6. The Kier molecular flexibility index (Phi) is 7.70. The third-order valence-electron chi connectivity index (χ3n) is 7.70.